The molecule has 1 aromatic rings. The molecule has 0 aromatic heterocycles. The maximum Gasteiger partial charge on any atom is 0.325 e. The Labute approximate surface area is 123 Å². The van der Waals surface area contributed by atoms with Gasteiger partial charge in [-0.1, -0.05) is 0 Å². The Bertz CT molecular complexity index is 525. The van der Waals surface area contributed by atoms with E-state index in [0.29, 0.717) is 29.6 Å². The van der Waals surface area contributed by atoms with Crippen molar-refractivity contribution in [1.29, 1.82) is 0 Å². The van der Waals surface area contributed by atoms with Crippen LogP contribution in [-0.4, -0.2) is 39.2 Å². The molecule has 0 spiro atoms. The Morgan fingerprint density at radius 1 is 1.24 bits per heavy atom. The molecule has 0 bridgehead atoms. The third-order valence-corrected chi connectivity index (χ3v) is 3.22. The lowest BCUT2D eigenvalue weighted by Gasteiger charge is -2.12. The zero-order chi connectivity index (χ0) is 15.2. The van der Waals surface area contributed by atoms with Crippen molar-refractivity contribution in [2.24, 2.45) is 5.92 Å². The average molecular weight is 293 g/mol. The van der Waals surface area contributed by atoms with E-state index >= 15 is 0 Å². The summed E-state index contributed by atoms with van der Waals surface area (Å²) in [6.07, 6.45) is 2.36. The molecule has 6 heteroatoms. The van der Waals surface area contributed by atoms with Crippen molar-refractivity contribution >= 4 is 11.9 Å². The van der Waals surface area contributed by atoms with E-state index in [0.717, 1.165) is 0 Å². The molecule has 1 aliphatic rings. The number of hydrogen-bond donors (Lipinski definition) is 1. The SMILES string of the molecule is COC(=O)CNC(=O)c1ccc(OC)c(OCC2CC2)c1. The number of rotatable bonds is 7. The van der Waals surface area contributed by atoms with Crippen LogP contribution in [0.1, 0.15) is 23.2 Å². The second-order valence-electron chi connectivity index (χ2n) is 4.88. The van der Waals surface area contributed by atoms with Gasteiger partial charge in [-0.15, -0.1) is 0 Å². The van der Waals surface area contributed by atoms with E-state index in [2.05, 4.69) is 10.1 Å². The fourth-order valence-corrected chi connectivity index (χ4v) is 1.75. The first-order valence-electron chi connectivity index (χ1n) is 6.80. The number of benzene rings is 1. The number of methoxy groups -OCH3 is 2. The Morgan fingerprint density at radius 2 is 2.00 bits per heavy atom. The summed E-state index contributed by atoms with van der Waals surface area (Å²) in [5, 5.41) is 2.48. The lowest BCUT2D eigenvalue weighted by Crippen LogP contribution is -2.30. The maximum atomic E-state index is 12.0. The largest absolute Gasteiger partial charge is 0.493 e. The predicted octanol–water partition coefficient (Wildman–Crippen LogP) is 1.39. The molecule has 1 saturated carbocycles. The summed E-state index contributed by atoms with van der Waals surface area (Å²) in [6.45, 7) is 0.462. The van der Waals surface area contributed by atoms with E-state index in [4.69, 9.17) is 9.47 Å². The van der Waals surface area contributed by atoms with Crippen LogP contribution in [0.4, 0.5) is 0 Å². The van der Waals surface area contributed by atoms with E-state index in [9.17, 15) is 9.59 Å². The number of carbonyl (C=O) groups is 2. The second-order valence-corrected chi connectivity index (χ2v) is 4.88. The fourth-order valence-electron chi connectivity index (χ4n) is 1.75. The van der Waals surface area contributed by atoms with Crippen molar-refractivity contribution in [3.05, 3.63) is 23.8 Å². The zero-order valence-electron chi connectivity index (χ0n) is 12.2. The molecule has 114 valence electrons. The van der Waals surface area contributed by atoms with Gasteiger partial charge >= 0.3 is 5.97 Å². The molecule has 0 aliphatic heterocycles. The summed E-state index contributed by atoms with van der Waals surface area (Å²) in [5.41, 5.74) is 0.408. The molecule has 1 aromatic carbocycles. The van der Waals surface area contributed by atoms with Gasteiger partial charge in [0.05, 0.1) is 20.8 Å². The van der Waals surface area contributed by atoms with Crippen LogP contribution in [0.5, 0.6) is 11.5 Å². The smallest absolute Gasteiger partial charge is 0.325 e. The lowest BCUT2D eigenvalue weighted by atomic mass is 10.2. The third kappa shape index (κ3) is 4.37. The van der Waals surface area contributed by atoms with Crippen LogP contribution < -0.4 is 14.8 Å². The second kappa shape index (κ2) is 6.97. The van der Waals surface area contributed by atoms with E-state index in [1.807, 2.05) is 0 Å². The van der Waals surface area contributed by atoms with Crippen LogP contribution in [0, 0.1) is 5.92 Å². The van der Waals surface area contributed by atoms with Crippen LogP contribution in [-0.2, 0) is 9.53 Å². The van der Waals surface area contributed by atoms with Crippen LogP contribution in [0.25, 0.3) is 0 Å². The van der Waals surface area contributed by atoms with Gasteiger partial charge in [-0.05, 0) is 37.0 Å². The van der Waals surface area contributed by atoms with Crippen molar-refractivity contribution in [2.75, 3.05) is 27.4 Å². The molecule has 1 aliphatic carbocycles. The highest BCUT2D eigenvalue weighted by molar-refractivity contribution is 5.96. The average Bonchev–Trinajstić information content (AvgIpc) is 3.34. The number of hydrogen-bond acceptors (Lipinski definition) is 5. The molecule has 0 saturated heterocycles. The van der Waals surface area contributed by atoms with Gasteiger partial charge in [-0.3, -0.25) is 9.59 Å². The fraction of sp³-hybridized carbons (Fsp3) is 0.467. The highest BCUT2D eigenvalue weighted by atomic mass is 16.5. The first-order valence-corrected chi connectivity index (χ1v) is 6.80. The van der Waals surface area contributed by atoms with Crippen LogP contribution in [0.15, 0.2) is 18.2 Å². The monoisotopic (exact) mass is 293 g/mol. The quantitative estimate of drug-likeness (QED) is 0.769. The number of carbonyl (C=O) groups excluding carboxylic acids is 2. The summed E-state index contributed by atoms with van der Waals surface area (Å²) in [6, 6.07) is 4.92. The number of amides is 1. The molecule has 2 rings (SSSR count). The summed E-state index contributed by atoms with van der Waals surface area (Å²) in [4.78, 5) is 23.0. The van der Waals surface area contributed by atoms with Gasteiger partial charge in [0, 0.05) is 5.56 Å². The molecule has 0 atom stereocenters. The van der Waals surface area contributed by atoms with Crippen molar-refractivity contribution in [1.82, 2.24) is 5.32 Å². The minimum absolute atomic E-state index is 0.167. The molecule has 6 nitrogen and oxygen atoms in total. The molecule has 0 unspecified atom stereocenters. The summed E-state index contributed by atoms with van der Waals surface area (Å²) in [7, 11) is 2.82. The molecule has 1 fully saturated rings. The molecule has 1 amide bonds. The zero-order valence-corrected chi connectivity index (χ0v) is 12.2. The Morgan fingerprint density at radius 3 is 2.62 bits per heavy atom. The Hall–Kier alpha value is -2.24. The molecular formula is C15H19NO5. The van der Waals surface area contributed by atoms with Crippen molar-refractivity contribution in [3.8, 4) is 11.5 Å². The molecule has 21 heavy (non-hydrogen) atoms. The first-order chi connectivity index (χ1) is 10.1. The lowest BCUT2D eigenvalue weighted by molar-refractivity contribution is -0.139. The molecular weight excluding hydrogens is 274 g/mol. The van der Waals surface area contributed by atoms with Gasteiger partial charge in [0.2, 0.25) is 0 Å². The minimum atomic E-state index is -0.498. The topological polar surface area (TPSA) is 73.9 Å². The highest BCUT2D eigenvalue weighted by Gasteiger charge is 2.23. The number of nitrogens with one attached hydrogen (secondary N) is 1. The standard InChI is InChI=1S/C15H19NO5/c1-19-12-6-5-11(15(18)16-8-14(17)20-2)7-13(12)21-9-10-3-4-10/h5-7,10H,3-4,8-9H2,1-2H3,(H,16,18). The van der Waals surface area contributed by atoms with Crippen LogP contribution in [0.2, 0.25) is 0 Å². The van der Waals surface area contributed by atoms with Gasteiger partial charge in [0.25, 0.3) is 5.91 Å². The number of esters is 1. The van der Waals surface area contributed by atoms with Crippen LogP contribution >= 0.6 is 0 Å². The third-order valence-electron chi connectivity index (χ3n) is 3.22. The maximum absolute atomic E-state index is 12.0. The van der Waals surface area contributed by atoms with E-state index < -0.39 is 5.97 Å². The van der Waals surface area contributed by atoms with Crippen molar-refractivity contribution in [3.63, 3.8) is 0 Å². The summed E-state index contributed by atoms with van der Waals surface area (Å²) in [5.74, 6) is 0.864. The molecule has 1 N–H and O–H groups in total. The predicted molar refractivity (Wildman–Crippen MR) is 75.6 cm³/mol. The minimum Gasteiger partial charge on any atom is -0.493 e. The molecule has 0 heterocycles. The Balaban J connectivity index is 2.02. The van der Waals surface area contributed by atoms with Gasteiger partial charge in [0.15, 0.2) is 11.5 Å². The first kappa shape index (κ1) is 15.2. The van der Waals surface area contributed by atoms with Gasteiger partial charge in [-0.2, -0.15) is 0 Å². The van der Waals surface area contributed by atoms with E-state index in [1.165, 1.54) is 20.0 Å². The highest BCUT2D eigenvalue weighted by Crippen LogP contribution is 2.33. The Kier molecular flexibility index (Phi) is 5.03. The van der Waals surface area contributed by atoms with Gasteiger partial charge in [-0.25, -0.2) is 0 Å². The van der Waals surface area contributed by atoms with Crippen LogP contribution in [0.3, 0.4) is 0 Å². The van der Waals surface area contributed by atoms with E-state index in [1.54, 1.807) is 25.3 Å². The number of ether oxygens (including phenoxy) is 3. The normalized spacial score (nSPS) is 13.4. The van der Waals surface area contributed by atoms with Gasteiger partial charge < -0.3 is 19.5 Å². The van der Waals surface area contributed by atoms with Crippen molar-refractivity contribution < 1.29 is 23.8 Å². The van der Waals surface area contributed by atoms with Gasteiger partial charge in [0.1, 0.15) is 6.54 Å². The van der Waals surface area contributed by atoms with E-state index in [-0.39, 0.29) is 12.5 Å². The van der Waals surface area contributed by atoms with Crippen molar-refractivity contribution in [2.45, 2.75) is 12.8 Å². The summed E-state index contributed by atoms with van der Waals surface area (Å²) < 4.78 is 15.4. The molecule has 0 radical (unpaired) electrons. The summed E-state index contributed by atoms with van der Waals surface area (Å²) >= 11 is 0.